The van der Waals surface area contributed by atoms with Crippen LogP contribution in [0, 0.1) is 0 Å². The Morgan fingerprint density at radius 1 is 0.781 bits per heavy atom. The molecule has 0 spiro atoms. The first-order chi connectivity index (χ1) is 15.6. The number of sulfonamides is 1. The molecule has 3 aliphatic heterocycles. The fourth-order valence-corrected chi connectivity index (χ4v) is 5.81. The molecule has 172 valence electrons. The Balaban J connectivity index is 1.27. The van der Waals surface area contributed by atoms with Gasteiger partial charge < -0.3 is 19.3 Å². The molecule has 0 N–H and O–H groups in total. The number of piperidine rings is 1. The molecular weight excluding hydrogens is 430 g/mol. The van der Waals surface area contributed by atoms with Crippen molar-refractivity contribution in [3.63, 3.8) is 0 Å². The second-order valence-corrected chi connectivity index (χ2v) is 10.3. The topological polar surface area (TPSA) is 88.1 Å². The molecule has 1 aromatic heterocycles. The lowest BCUT2D eigenvalue weighted by Crippen LogP contribution is -2.49. The molecule has 9 nitrogen and oxygen atoms in total. The average Bonchev–Trinajstić information content (AvgIpc) is 3.10. The van der Waals surface area contributed by atoms with Crippen molar-refractivity contribution in [1.82, 2.24) is 14.3 Å². The van der Waals surface area contributed by atoms with E-state index in [0.29, 0.717) is 50.9 Å². The van der Waals surface area contributed by atoms with E-state index in [4.69, 9.17) is 14.5 Å². The summed E-state index contributed by atoms with van der Waals surface area (Å²) in [4.78, 5) is 13.8. The van der Waals surface area contributed by atoms with Gasteiger partial charge in [-0.15, -0.1) is 0 Å². The van der Waals surface area contributed by atoms with Crippen molar-refractivity contribution in [3.8, 4) is 11.5 Å². The van der Waals surface area contributed by atoms with Crippen molar-refractivity contribution >= 4 is 21.8 Å². The summed E-state index contributed by atoms with van der Waals surface area (Å²) < 4.78 is 39.3. The predicted molar refractivity (Wildman–Crippen MR) is 121 cm³/mol. The van der Waals surface area contributed by atoms with Crippen LogP contribution in [0.2, 0.25) is 0 Å². The van der Waals surface area contributed by atoms with Crippen LogP contribution in [0.25, 0.3) is 0 Å². The van der Waals surface area contributed by atoms with Gasteiger partial charge >= 0.3 is 0 Å². The first-order valence-electron chi connectivity index (χ1n) is 11.3. The van der Waals surface area contributed by atoms with E-state index in [1.54, 1.807) is 24.4 Å². The highest BCUT2D eigenvalue weighted by atomic mass is 32.2. The lowest BCUT2D eigenvalue weighted by molar-refractivity contribution is 0.296. The predicted octanol–water partition coefficient (Wildman–Crippen LogP) is 2.14. The summed E-state index contributed by atoms with van der Waals surface area (Å²) in [7, 11) is -3.61. The molecule has 0 bridgehead atoms. The Morgan fingerprint density at radius 3 is 2.31 bits per heavy atom. The highest BCUT2D eigenvalue weighted by molar-refractivity contribution is 7.89. The summed E-state index contributed by atoms with van der Waals surface area (Å²) in [6.07, 6.45) is 6.18. The first-order valence-corrected chi connectivity index (χ1v) is 12.8. The van der Waals surface area contributed by atoms with Crippen LogP contribution in [-0.4, -0.2) is 75.2 Å². The number of benzene rings is 1. The van der Waals surface area contributed by atoms with Gasteiger partial charge in [-0.25, -0.2) is 13.4 Å². The number of fused-ring (bicyclic) bond motifs is 1. The molecule has 0 amide bonds. The second-order valence-electron chi connectivity index (χ2n) is 8.31. The maximum Gasteiger partial charge on any atom is 0.243 e. The van der Waals surface area contributed by atoms with Crippen molar-refractivity contribution in [3.05, 3.63) is 30.5 Å². The van der Waals surface area contributed by atoms with Gasteiger partial charge in [0.25, 0.3) is 0 Å². The third-order valence-electron chi connectivity index (χ3n) is 6.19. The van der Waals surface area contributed by atoms with E-state index in [0.717, 1.165) is 31.3 Å². The van der Waals surface area contributed by atoms with Crippen LogP contribution < -0.4 is 19.3 Å². The zero-order valence-corrected chi connectivity index (χ0v) is 19.0. The minimum absolute atomic E-state index is 0.240. The SMILES string of the molecule is O=S(=O)(c1ccc2c(c1)OCCCO2)N1CCN(c2ccnc(N3CCCCC3)n2)CC1. The Kier molecular flexibility index (Phi) is 6.05. The molecule has 0 radical (unpaired) electrons. The lowest BCUT2D eigenvalue weighted by Gasteiger charge is -2.35. The van der Waals surface area contributed by atoms with Gasteiger partial charge in [0.15, 0.2) is 11.5 Å². The minimum Gasteiger partial charge on any atom is -0.490 e. The van der Waals surface area contributed by atoms with Gasteiger partial charge in [-0.2, -0.15) is 9.29 Å². The Hall–Kier alpha value is -2.59. The third-order valence-corrected chi connectivity index (χ3v) is 8.08. The standard InChI is InChI=1S/C22H29N5O4S/c28-32(29,18-5-6-19-20(17-18)31-16-4-15-30-19)27-13-11-25(12-14-27)21-7-8-23-22(24-21)26-9-2-1-3-10-26/h5-8,17H,1-4,9-16H2. The molecule has 2 fully saturated rings. The molecule has 0 unspecified atom stereocenters. The highest BCUT2D eigenvalue weighted by Gasteiger charge is 2.30. The lowest BCUT2D eigenvalue weighted by atomic mass is 10.1. The van der Waals surface area contributed by atoms with Crippen LogP contribution >= 0.6 is 0 Å². The van der Waals surface area contributed by atoms with Crippen molar-refractivity contribution in [2.24, 2.45) is 0 Å². The molecule has 2 aromatic rings. The summed E-state index contributed by atoms with van der Waals surface area (Å²) in [5, 5.41) is 0. The van der Waals surface area contributed by atoms with Gasteiger partial charge in [-0.1, -0.05) is 0 Å². The molecule has 4 heterocycles. The van der Waals surface area contributed by atoms with Crippen LogP contribution in [0.1, 0.15) is 25.7 Å². The number of aromatic nitrogens is 2. The van der Waals surface area contributed by atoms with E-state index in [-0.39, 0.29) is 4.90 Å². The Labute approximate surface area is 189 Å². The van der Waals surface area contributed by atoms with E-state index in [1.807, 2.05) is 6.07 Å². The minimum atomic E-state index is -3.61. The highest BCUT2D eigenvalue weighted by Crippen LogP contribution is 2.33. The number of hydrogen-bond donors (Lipinski definition) is 0. The van der Waals surface area contributed by atoms with Gasteiger partial charge in [0.05, 0.1) is 18.1 Å². The van der Waals surface area contributed by atoms with E-state index in [2.05, 4.69) is 14.8 Å². The van der Waals surface area contributed by atoms with Crippen molar-refractivity contribution in [1.29, 1.82) is 0 Å². The number of rotatable bonds is 4. The molecule has 2 saturated heterocycles. The van der Waals surface area contributed by atoms with Crippen LogP contribution in [0.5, 0.6) is 11.5 Å². The van der Waals surface area contributed by atoms with Gasteiger partial charge in [0, 0.05) is 58.0 Å². The molecule has 3 aliphatic rings. The van der Waals surface area contributed by atoms with E-state index < -0.39 is 10.0 Å². The molecule has 0 atom stereocenters. The first kappa shape index (κ1) is 21.3. The van der Waals surface area contributed by atoms with Crippen molar-refractivity contribution in [2.45, 2.75) is 30.6 Å². The molecule has 32 heavy (non-hydrogen) atoms. The van der Waals surface area contributed by atoms with Crippen LogP contribution in [-0.2, 0) is 10.0 Å². The maximum atomic E-state index is 13.2. The quantitative estimate of drug-likeness (QED) is 0.687. The average molecular weight is 460 g/mol. The molecule has 5 rings (SSSR count). The van der Waals surface area contributed by atoms with Crippen LogP contribution in [0.4, 0.5) is 11.8 Å². The zero-order valence-electron chi connectivity index (χ0n) is 18.1. The number of piperazine rings is 1. The summed E-state index contributed by atoms with van der Waals surface area (Å²) in [6.45, 7) is 5.05. The summed E-state index contributed by atoms with van der Waals surface area (Å²) in [6, 6.07) is 6.77. The Bertz CT molecular complexity index is 1050. The van der Waals surface area contributed by atoms with Gasteiger partial charge in [0.1, 0.15) is 5.82 Å². The zero-order chi connectivity index (χ0) is 22.0. The van der Waals surface area contributed by atoms with Gasteiger partial charge in [-0.3, -0.25) is 0 Å². The molecule has 10 heteroatoms. The largest absolute Gasteiger partial charge is 0.490 e. The van der Waals surface area contributed by atoms with Gasteiger partial charge in [0.2, 0.25) is 16.0 Å². The molecule has 0 aliphatic carbocycles. The normalized spacial score (nSPS) is 20.1. The monoisotopic (exact) mass is 459 g/mol. The summed E-state index contributed by atoms with van der Waals surface area (Å²) in [5.41, 5.74) is 0. The van der Waals surface area contributed by atoms with Crippen molar-refractivity contribution < 1.29 is 17.9 Å². The van der Waals surface area contributed by atoms with Crippen LogP contribution in [0.15, 0.2) is 35.4 Å². The second kappa shape index (κ2) is 9.11. The Morgan fingerprint density at radius 2 is 1.53 bits per heavy atom. The van der Waals surface area contributed by atoms with Crippen molar-refractivity contribution in [2.75, 3.05) is 62.3 Å². The molecule has 0 saturated carbocycles. The number of hydrogen-bond acceptors (Lipinski definition) is 8. The maximum absolute atomic E-state index is 13.2. The smallest absolute Gasteiger partial charge is 0.243 e. The fourth-order valence-electron chi connectivity index (χ4n) is 4.37. The molecular formula is C22H29N5O4S. The molecule has 1 aromatic carbocycles. The van der Waals surface area contributed by atoms with E-state index in [1.165, 1.54) is 23.6 Å². The number of ether oxygens (including phenoxy) is 2. The van der Waals surface area contributed by atoms with E-state index >= 15 is 0 Å². The fraction of sp³-hybridized carbons (Fsp3) is 0.545. The number of nitrogens with zero attached hydrogens (tertiary/aromatic N) is 5. The van der Waals surface area contributed by atoms with Gasteiger partial charge in [-0.05, 0) is 37.5 Å². The summed E-state index contributed by atoms with van der Waals surface area (Å²) in [5.74, 6) is 2.71. The van der Waals surface area contributed by atoms with E-state index in [9.17, 15) is 8.42 Å². The third kappa shape index (κ3) is 4.33. The number of anilines is 2. The summed E-state index contributed by atoms with van der Waals surface area (Å²) >= 11 is 0. The van der Waals surface area contributed by atoms with Crippen LogP contribution in [0.3, 0.4) is 0 Å².